The molecule has 0 aliphatic heterocycles. The zero-order chi connectivity index (χ0) is 14.6. The summed E-state index contributed by atoms with van der Waals surface area (Å²) in [4.78, 5) is 0. The van der Waals surface area contributed by atoms with Crippen LogP contribution in [-0.2, 0) is 12.5 Å². The van der Waals surface area contributed by atoms with E-state index < -0.39 is 12.5 Å². The Morgan fingerprint density at radius 3 is 2.40 bits per heavy atom. The van der Waals surface area contributed by atoms with E-state index in [1.165, 1.54) is 18.2 Å². The third-order valence-corrected chi connectivity index (χ3v) is 3.19. The highest BCUT2D eigenvalue weighted by atomic mass is 35.5. The summed E-state index contributed by atoms with van der Waals surface area (Å²) in [5.74, 6) is -2.95. The smallest absolute Gasteiger partial charge is 0.306 e. The summed E-state index contributed by atoms with van der Waals surface area (Å²) in [5, 5.41) is 9.48. The lowest BCUT2D eigenvalue weighted by Gasteiger charge is -2.19. The minimum atomic E-state index is -3.11. The molecule has 2 aromatic carbocycles. The van der Waals surface area contributed by atoms with E-state index in [4.69, 9.17) is 16.3 Å². The van der Waals surface area contributed by atoms with Crippen LogP contribution in [0.15, 0.2) is 48.5 Å². The van der Waals surface area contributed by atoms with Crippen LogP contribution in [0.4, 0.5) is 8.78 Å². The molecular formula is C15H13ClF2O2. The SMILES string of the molecule is OCc1c(Cl)cccc1OCC(F)(F)c1ccccc1. The first kappa shape index (κ1) is 14.8. The van der Waals surface area contributed by atoms with Crippen LogP contribution in [0.1, 0.15) is 11.1 Å². The molecule has 0 atom stereocenters. The highest BCUT2D eigenvalue weighted by Gasteiger charge is 2.32. The third kappa shape index (κ3) is 3.26. The number of rotatable bonds is 5. The Morgan fingerprint density at radius 1 is 1.05 bits per heavy atom. The van der Waals surface area contributed by atoms with Crippen molar-refractivity contribution in [2.24, 2.45) is 0 Å². The molecule has 0 aromatic heterocycles. The van der Waals surface area contributed by atoms with E-state index in [1.807, 2.05) is 0 Å². The number of aliphatic hydroxyl groups excluding tert-OH is 1. The maximum absolute atomic E-state index is 14.0. The topological polar surface area (TPSA) is 29.5 Å². The van der Waals surface area contributed by atoms with Gasteiger partial charge >= 0.3 is 5.92 Å². The lowest BCUT2D eigenvalue weighted by atomic mass is 10.1. The molecule has 0 bridgehead atoms. The summed E-state index contributed by atoms with van der Waals surface area (Å²) in [7, 11) is 0. The molecule has 0 aliphatic rings. The van der Waals surface area contributed by atoms with Gasteiger partial charge in [-0.05, 0) is 12.1 Å². The molecule has 0 saturated heterocycles. The van der Waals surface area contributed by atoms with Gasteiger partial charge < -0.3 is 9.84 Å². The largest absolute Gasteiger partial charge is 0.486 e. The second-order valence-electron chi connectivity index (χ2n) is 4.23. The van der Waals surface area contributed by atoms with E-state index >= 15 is 0 Å². The summed E-state index contributed by atoms with van der Waals surface area (Å²) in [5.41, 5.74) is 0.186. The fraction of sp³-hybridized carbons (Fsp3) is 0.200. The molecule has 106 valence electrons. The average molecular weight is 299 g/mol. The predicted octanol–water partition coefficient (Wildman–Crippen LogP) is 4.00. The van der Waals surface area contributed by atoms with Crippen molar-refractivity contribution in [3.8, 4) is 5.75 Å². The van der Waals surface area contributed by atoms with E-state index in [1.54, 1.807) is 30.3 Å². The zero-order valence-electron chi connectivity index (χ0n) is 10.5. The minimum absolute atomic E-state index is 0.118. The molecule has 0 spiro atoms. The number of halogens is 3. The van der Waals surface area contributed by atoms with Crippen molar-refractivity contribution in [2.45, 2.75) is 12.5 Å². The van der Waals surface area contributed by atoms with Gasteiger partial charge in [-0.3, -0.25) is 0 Å². The minimum Gasteiger partial charge on any atom is -0.486 e. The van der Waals surface area contributed by atoms with Gasteiger partial charge in [0.1, 0.15) is 5.75 Å². The molecule has 0 amide bonds. The number of benzene rings is 2. The van der Waals surface area contributed by atoms with Gasteiger partial charge in [0.25, 0.3) is 0 Å². The van der Waals surface area contributed by atoms with Gasteiger partial charge in [-0.25, -0.2) is 0 Å². The van der Waals surface area contributed by atoms with Gasteiger partial charge in [0.05, 0.1) is 6.61 Å². The zero-order valence-corrected chi connectivity index (χ0v) is 11.3. The summed E-state index contributed by atoms with van der Waals surface area (Å²) >= 11 is 5.87. The second kappa shape index (κ2) is 6.20. The van der Waals surface area contributed by atoms with Crippen LogP contribution < -0.4 is 4.74 Å². The van der Waals surface area contributed by atoms with Gasteiger partial charge in [-0.1, -0.05) is 48.0 Å². The van der Waals surface area contributed by atoms with Crippen LogP contribution in [0, 0.1) is 0 Å². The molecule has 5 heteroatoms. The number of hydrogen-bond acceptors (Lipinski definition) is 2. The molecular weight excluding hydrogens is 286 g/mol. The number of aliphatic hydroxyl groups is 1. The Bertz CT molecular complexity index is 573. The van der Waals surface area contributed by atoms with Crippen molar-refractivity contribution >= 4 is 11.6 Å². The van der Waals surface area contributed by atoms with E-state index in [0.29, 0.717) is 5.56 Å². The van der Waals surface area contributed by atoms with Crippen molar-refractivity contribution in [1.29, 1.82) is 0 Å². The second-order valence-corrected chi connectivity index (χ2v) is 4.64. The van der Waals surface area contributed by atoms with Crippen LogP contribution in [0.3, 0.4) is 0 Å². The quantitative estimate of drug-likeness (QED) is 0.904. The van der Waals surface area contributed by atoms with Crippen molar-refractivity contribution in [3.63, 3.8) is 0 Å². The maximum Gasteiger partial charge on any atom is 0.306 e. The summed E-state index contributed by atoms with van der Waals surface area (Å²) < 4.78 is 33.0. The Balaban J connectivity index is 2.15. The van der Waals surface area contributed by atoms with Gasteiger partial charge in [-0.2, -0.15) is 8.78 Å². The molecule has 0 aliphatic carbocycles. The first-order chi connectivity index (χ1) is 9.54. The van der Waals surface area contributed by atoms with Gasteiger partial charge in [-0.15, -0.1) is 0 Å². The van der Waals surface area contributed by atoms with Gasteiger partial charge in [0.2, 0.25) is 0 Å². The van der Waals surface area contributed by atoms with E-state index in [0.717, 1.165) is 0 Å². The number of hydrogen-bond donors (Lipinski definition) is 1. The summed E-state index contributed by atoms with van der Waals surface area (Å²) in [6.45, 7) is -1.18. The van der Waals surface area contributed by atoms with E-state index in [-0.39, 0.29) is 22.9 Å². The third-order valence-electron chi connectivity index (χ3n) is 2.84. The number of ether oxygens (including phenoxy) is 1. The normalized spacial score (nSPS) is 11.4. The Kier molecular flexibility index (Phi) is 4.57. The van der Waals surface area contributed by atoms with Crippen LogP contribution in [0.5, 0.6) is 5.75 Å². The first-order valence-corrected chi connectivity index (χ1v) is 6.37. The monoisotopic (exact) mass is 298 g/mol. The van der Waals surface area contributed by atoms with Crippen molar-refractivity contribution in [3.05, 3.63) is 64.7 Å². The van der Waals surface area contributed by atoms with Crippen LogP contribution in [-0.4, -0.2) is 11.7 Å². The molecule has 1 N–H and O–H groups in total. The van der Waals surface area contributed by atoms with Crippen molar-refractivity contribution < 1.29 is 18.6 Å². The van der Waals surface area contributed by atoms with Gasteiger partial charge in [0.15, 0.2) is 6.61 Å². The average Bonchev–Trinajstić information content (AvgIpc) is 2.46. The summed E-state index contributed by atoms with van der Waals surface area (Å²) in [6.07, 6.45) is 0. The van der Waals surface area contributed by atoms with Crippen LogP contribution in [0.2, 0.25) is 5.02 Å². The molecule has 2 nitrogen and oxygen atoms in total. The standard InChI is InChI=1S/C15H13ClF2O2/c16-13-7-4-8-14(12(13)9-19)20-10-15(17,18)11-5-2-1-3-6-11/h1-8,19H,9-10H2. The summed E-state index contributed by atoms with van der Waals surface area (Å²) in [6, 6.07) is 12.1. The molecule has 20 heavy (non-hydrogen) atoms. The fourth-order valence-corrected chi connectivity index (χ4v) is 1.99. The number of alkyl halides is 2. The predicted molar refractivity (Wildman–Crippen MR) is 73.2 cm³/mol. The molecule has 2 aromatic rings. The highest BCUT2D eigenvalue weighted by Crippen LogP contribution is 2.31. The van der Waals surface area contributed by atoms with Gasteiger partial charge in [0, 0.05) is 16.1 Å². The lowest BCUT2D eigenvalue weighted by molar-refractivity contribution is -0.0471. The van der Waals surface area contributed by atoms with Crippen molar-refractivity contribution in [2.75, 3.05) is 6.61 Å². The molecule has 0 unspecified atom stereocenters. The Hall–Kier alpha value is -1.65. The molecule has 0 fully saturated rings. The Labute approximate surface area is 120 Å². The fourth-order valence-electron chi connectivity index (χ4n) is 1.76. The van der Waals surface area contributed by atoms with E-state index in [9.17, 15) is 13.9 Å². The maximum atomic E-state index is 14.0. The molecule has 0 radical (unpaired) electrons. The highest BCUT2D eigenvalue weighted by molar-refractivity contribution is 6.31. The Morgan fingerprint density at radius 2 is 1.75 bits per heavy atom. The van der Waals surface area contributed by atoms with E-state index in [2.05, 4.69) is 0 Å². The van der Waals surface area contributed by atoms with Crippen LogP contribution >= 0.6 is 11.6 Å². The molecule has 0 saturated carbocycles. The van der Waals surface area contributed by atoms with Crippen molar-refractivity contribution in [1.82, 2.24) is 0 Å². The lowest BCUT2D eigenvalue weighted by Crippen LogP contribution is -2.23. The first-order valence-electron chi connectivity index (χ1n) is 5.99. The van der Waals surface area contributed by atoms with Crippen LogP contribution in [0.25, 0.3) is 0 Å². The molecule has 0 heterocycles. The molecule has 2 rings (SSSR count).